The largest absolute Gasteiger partial charge is 0.497 e. The van der Waals surface area contributed by atoms with E-state index in [-0.39, 0.29) is 17.3 Å². The molecule has 6 nitrogen and oxygen atoms in total. The molecule has 8 heteroatoms. The van der Waals surface area contributed by atoms with Gasteiger partial charge in [0.05, 0.1) is 18.6 Å². The summed E-state index contributed by atoms with van der Waals surface area (Å²) in [5.41, 5.74) is 0.435. The molecular weight excluding hydrogens is 422 g/mol. The Bertz CT molecular complexity index is 1060. The fourth-order valence-corrected chi connectivity index (χ4v) is 5.71. The molecule has 1 atom stereocenters. The van der Waals surface area contributed by atoms with Crippen molar-refractivity contribution in [3.05, 3.63) is 76.5 Å². The Morgan fingerprint density at radius 2 is 1.70 bits per heavy atom. The van der Waals surface area contributed by atoms with Crippen molar-refractivity contribution >= 4 is 27.1 Å². The molecular formula is C22H23NO5S2. The number of nitrogens with one attached hydrogen (secondary N) is 1. The van der Waals surface area contributed by atoms with Crippen LogP contribution in [0.5, 0.6) is 11.5 Å². The van der Waals surface area contributed by atoms with E-state index in [2.05, 4.69) is 5.32 Å². The highest BCUT2D eigenvalue weighted by molar-refractivity contribution is 7.91. The summed E-state index contributed by atoms with van der Waals surface area (Å²) in [7, 11) is -2.20. The lowest BCUT2D eigenvalue weighted by Crippen LogP contribution is -2.31. The van der Waals surface area contributed by atoms with Gasteiger partial charge in [-0.1, -0.05) is 6.07 Å². The maximum atomic E-state index is 13.3. The summed E-state index contributed by atoms with van der Waals surface area (Å²) in [4.78, 5) is 13.4. The van der Waals surface area contributed by atoms with Crippen LogP contribution in [0.4, 0.5) is 0 Å². The maximum Gasteiger partial charge on any atom is 0.251 e. The third kappa shape index (κ3) is 5.01. The minimum atomic E-state index is -3.72. The van der Waals surface area contributed by atoms with Crippen LogP contribution in [-0.2, 0) is 9.84 Å². The highest BCUT2D eigenvalue weighted by atomic mass is 32.2. The van der Waals surface area contributed by atoms with Crippen molar-refractivity contribution in [2.45, 2.75) is 17.1 Å². The Hall–Kier alpha value is -2.84. The number of carbonyl (C=O) groups excluding carboxylic acids is 1. The summed E-state index contributed by atoms with van der Waals surface area (Å²) in [5.74, 6) is 0.905. The van der Waals surface area contributed by atoms with Gasteiger partial charge in [-0.05, 0) is 66.9 Å². The molecule has 1 heterocycles. The number of hydrogen-bond donors (Lipinski definition) is 1. The molecule has 1 N–H and O–H groups in total. The monoisotopic (exact) mass is 445 g/mol. The minimum absolute atomic E-state index is 0.0408. The number of methoxy groups -OCH3 is 1. The summed E-state index contributed by atoms with van der Waals surface area (Å²) in [6.07, 6.45) is 0. The van der Waals surface area contributed by atoms with Crippen LogP contribution in [0.2, 0.25) is 0 Å². The lowest BCUT2D eigenvalue weighted by Gasteiger charge is -2.18. The Balaban J connectivity index is 1.80. The van der Waals surface area contributed by atoms with E-state index in [9.17, 15) is 13.2 Å². The van der Waals surface area contributed by atoms with E-state index in [1.54, 1.807) is 48.5 Å². The first-order chi connectivity index (χ1) is 14.5. The zero-order chi connectivity index (χ0) is 21.6. The molecule has 30 heavy (non-hydrogen) atoms. The number of sulfone groups is 1. The van der Waals surface area contributed by atoms with Gasteiger partial charge in [-0.3, -0.25) is 4.79 Å². The first-order valence-electron chi connectivity index (χ1n) is 9.38. The van der Waals surface area contributed by atoms with E-state index in [1.807, 2.05) is 12.3 Å². The van der Waals surface area contributed by atoms with Gasteiger partial charge < -0.3 is 14.8 Å². The van der Waals surface area contributed by atoms with Gasteiger partial charge in [-0.25, -0.2) is 8.42 Å². The second-order valence-electron chi connectivity index (χ2n) is 6.39. The van der Waals surface area contributed by atoms with Crippen molar-refractivity contribution in [1.29, 1.82) is 0 Å². The standard InChI is InChI=1S/C22H23NO5S2/c1-3-28-18-8-6-16(7-9-18)22(24)23-15-21(20-5-4-14-29-20)30(25,26)19-12-10-17(27-2)11-13-19/h4-14,21H,3,15H2,1-2H3,(H,23,24)/t21-/m0/s1. The van der Waals surface area contributed by atoms with E-state index < -0.39 is 15.1 Å². The molecule has 1 aromatic heterocycles. The number of thiophene rings is 1. The van der Waals surface area contributed by atoms with Crippen molar-refractivity contribution in [2.75, 3.05) is 20.3 Å². The molecule has 0 spiro atoms. The normalized spacial score (nSPS) is 12.2. The van der Waals surface area contributed by atoms with Crippen LogP contribution in [-0.4, -0.2) is 34.6 Å². The SMILES string of the molecule is CCOc1ccc(C(=O)NC[C@@H](c2cccs2)S(=O)(=O)c2ccc(OC)cc2)cc1. The summed E-state index contributed by atoms with van der Waals surface area (Å²) in [5, 5.41) is 3.69. The molecule has 0 radical (unpaired) electrons. The lowest BCUT2D eigenvalue weighted by atomic mass is 10.2. The van der Waals surface area contributed by atoms with Gasteiger partial charge in [-0.15, -0.1) is 11.3 Å². The first-order valence-corrected chi connectivity index (χ1v) is 11.8. The van der Waals surface area contributed by atoms with Gasteiger partial charge in [0, 0.05) is 17.0 Å². The zero-order valence-corrected chi connectivity index (χ0v) is 18.3. The van der Waals surface area contributed by atoms with Gasteiger partial charge in [0.25, 0.3) is 5.91 Å². The summed E-state index contributed by atoms with van der Waals surface area (Å²) in [6, 6.07) is 16.5. The molecule has 0 unspecified atom stereocenters. The fourth-order valence-electron chi connectivity index (χ4n) is 2.92. The molecule has 0 aliphatic rings. The molecule has 1 amide bonds. The van der Waals surface area contributed by atoms with Gasteiger partial charge in [0.15, 0.2) is 9.84 Å². The Labute approximate surface area is 180 Å². The smallest absolute Gasteiger partial charge is 0.251 e. The number of rotatable bonds is 9. The number of hydrogen-bond acceptors (Lipinski definition) is 6. The minimum Gasteiger partial charge on any atom is -0.497 e. The second kappa shape index (κ2) is 9.77. The van der Waals surface area contributed by atoms with Crippen molar-refractivity contribution in [3.63, 3.8) is 0 Å². The third-order valence-electron chi connectivity index (χ3n) is 4.50. The quantitative estimate of drug-likeness (QED) is 0.536. The van der Waals surface area contributed by atoms with Crippen molar-refractivity contribution < 1.29 is 22.7 Å². The summed E-state index contributed by atoms with van der Waals surface area (Å²) in [6.45, 7) is 2.38. The number of carbonyl (C=O) groups is 1. The maximum absolute atomic E-state index is 13.3. The van der Waals surface area contributed by atoms with Gasteiger partial charge in [0.2, 0.25) is 0 Å². The summed E-state index contributed by atoms with van der Waals surface area (Å²) < 4.78 is 37.1. The van der Waals surface area contributed by atoms with Crippen LogP contribution in [0.15, 0.2) is 70.9 Å². The molecule has 158 valence electrons. The molecule has 0 bridgehead atoms. The van der Waals surface area contributed by atoms with E-state index in [0.717, 1.165) is 0 Å². The van der Waals surface area contributed by atoms with Gasteiger partial charge in [-0.2, -0.15) is 0 Å². The van der Waals surface area contributed by atoms with Crippen LogP contribution in [0.1, 0.15) is 27.4 Å². The highest BCUT2D eigenvalue weighted by Gasteiger charge is 2.30. The molecule has 3 aromatic rings. The zero-order valence-electron chi connectivity index (χ0n) is 16.7. The number of amides is 1. The summed E-state index contributed by atoms with van der Waals surface area (Å²) >= 11 is 1.34. The van der Waals surface area contributed by atoms with Gasteiger partial charge >= 0.3 is 0 Å². The molecule has 0 aliphatic carbocycles. The Morgan fingerprint density at radius 3 is 2.27 bits per heavy atom. The third-order valence-corrected chi connectivity index (χ3v) is 7.73. The topological polar surface area (TPSA) is 81.7 Å². The van der Waals surface area contributed by atoms with Crippen LogP contribution < -0.4 is 14.8 Å². The highest BCUT2D eigenvalue weighted by Crippen LogP contribution is 2.32. The fraction of sp³-hybridized carbons (Fsp3) is 0.227. The van der Waals surface area contributed by atoms with Crippen molar-refractivity contribution in [2.24, 2.45) is 0 Å². The Kier molecular flexibility index (Phi) is 7.12. The van der Waals surface area contributed by atoms with Crippen LogP contribution >= 0.6 is 11.3 Å². The van der Waals surface area contributed by atoms with E-state index in [4.69, 9.17) is 9.47 Å². The van der Waals surface area contributed by atoms with E-state index in [0.29, 0.717) is 28.5 Å². The molecule has 0 aliphatic heterocycles. The van der Waals surface area contributed by atoms with Crippen LogP contribution in [0, 0.1) is 0 Å². The molecule has 0 saturated heterocycles. The van der Waals surface area contributed by atoms with Crippen LogP contribution in [0.3, 0.4) is 0 Å². The van der Waals surface area contributed by atoms with Crippen LogP contribution in [0.25, 0.3) is 0 Å². The van der Waals surface area contributed by atoms with Crippen molar-refractivity contribution in [3.8, 4) is 11.5 Å². The lowest BCUT2D eigenvalue weighted by molar-refractivity contribution is 0.0953. The first kappa shape index (κ1) is 21.9. The Morgan fingerprint density at radius 1 is 1.03 bits per heavy atom. The predicted molar refractivity (Wildman–Crippen MR) is 117 cm³/mol. The molecule has 0 fully saturated rings. The van der Waals surface area contributed by atoms with E-state index >= 15 is 0 Å². The molecule has 2 aromatic carbocycles. The number of benzene rings is 2. The van der Waals surface area contributed by atoms with E-state index in [1.165, 1.54) is 30.6 Å². The second-order valence-corrected chi connectivity index (χ2v) is 9.50. The predicted octanol–water partition coefficient (Wildman–Crippen LogP) is 4.10. The average Bonchev–Trinajstić information content (AvgIpc) is 3.29. The average molecular weight is 446 g/mol. The molecule has 0 saturated carbocycles. The molecule has 3 rings (SSSR count). The van der Waals surface area contributed by atoms with Gasteiger partial charge in [0.1, 0.15) is 16.7 Å². The van der Waals surface area contributed by atoms with Crippen molar-refractivity contribution in [1.82, 2.24) is 5.32 Å². The number of ether oxygens (including phenoxy) is 2.